The number of imidazole rings is 1. The van der Waals surface area contributed by atoms with Crippen molar-refractivity contribution in [1.29, 1.82) is 0 Å². The Morgan fingerprint density at radius 2 is 2.25 bits per heavy atom. The van der Waals surface area contributed by atoms with Crippen molar-refractivity contribution < 1.29 is 12.8 Å². The fourth-order valence-corrected chi connectivity index (χ4v) is 4.51. The highest BCUT2D eigenvalue weighted by Gasteiger charge is 2.28. The highest BCUT2D eigenvalue weighted by Crippen LogP contribution is 2.26. The maximum Gasteiger partial charge on any atom is 0.176 e. The molecule has 3 heterocycles. The number of sulfone groups is 1. The second-order valence-electron chi connectivity index (χ2n) is 5.52. The van der Waals surface area contributed by atoms with Gasteiger partial charge >= 0.3 is 0 Å². The summed E-state index contributed by atoms with van der Waals surface area (Å²) < 4.78 is 30.8. The first-order valence-electron chi connectivity index (χ1n) is 6.73. The Bertz CT molecular complexity index is 708. The van der Waals surface area contributed by atoms with Crippen LogP contribution in [-0.4, -0.2) is 29.5 Å². The third kappa shape index (κ3) is 2.52. The summed E-state index contributed by atoms with van der Waals surface area (Å²) in [7, 11) is -2.84. The molecule has 0 amide bonds. The minimum atomic E-state index is -2.84. The summed E-state index contributed by atoms with van der Waals surface area (Å²) in [4.78, 5) is 4.34. The van der Waals surface area contributed by atoms with Crippen LogP contribution in [0.3, 0.4) is 0 Å². The first-order chi connectivity index (χ1) is 9.44. The van der Waals surface area contributed by atoms with Gasteiger partial charge < -0.3 is 8.98 Å². The Balaban J connectivity index is 1.84. The van der Waals surface area contributed by atoms with E-state index in [1.165, 1.54) is 0 Å². The number of rotatable bonds is 3. The van der Waals surface area contributed by atoms with Crippen molar-refractivity contribution in [3.05, 3.63) is 29.8 Å². The van der Waals surface area contributed by atoms with Crippen molar-refractivity contribution in [2.75, 3.05) is 11.5 Å². The fraction of sp³-hybridized carbons (Fsp3) is 0.500. The maximum atomic E-state index is 11.5. The number of hydrogen-bond donors (Lipinski definition) is 0. The van der Waals surface area contributed by atoms with E-state index in [9.17, 15) is 8.42 Å². The Morgan fingerprint density at radius 3 is 2.85 bits per heavy atom. The summed E-state index contributed by atoms with van der Waals surface area (Å²) in [5.74, 6) is 3.15. The molecular weight excluding hydrogens is 276 g/mol. The number of furan rings is 1. The lowest BCUT2D eigenvalue weighted by molar-refractivity contribution is 0.483. The van der Waals surface area contributed by atoms with Crippen LogP contribution in [0, 0.1) is 19.8 Å². The van der Waals surface area contributed by atoms with Crippen LogP contribution in [0.2, 0.25) is 0 Å². The van der Waals surface area contributed by atoms with Gasteiger partial charge in [-0.1, -0.05) is 0 Å². The molecule has 1 fully saturated rings. The molecule has 6 heteroatoms. The molecule has 0 aliphatic carbocycles. The van der Waals surface area contributed by atoms with Crippen LogP contribution in [0.15, 0.2) is 22.9 Å². The normalized spacial score (nSPS) is 21.4. The summed E-state index contributed by atoms with van der Waals surface area (Å²) >= 11 is 0. The van der Waals surface area contributed by atoms with E-state index < -0.39 is 9.84 Å². The van der Waals surface area contributed by atoms with Gasteiger partial charge in [-0.2, -0.15) is 0 Å². The molecular formula is C14H18N2O3S. The Kier molecular flexibility index (Phi) is 3.20. The monoisotopic (exact) mass is 294 g/mol. The lowest BCUT2D eigenvalue weighted by Crippen LogP contribution is -2.12. The fourth-order valence-electron chi connectivity index (χ4n) is 2.66. The standard InChI is InChI=1S/C14H18N2O3S/c1-10-7-13(19-11(10)2)14-15-4-5-16(14)8-12-3-6-20(17,18)9-12/h4-5,7,12H,3,6,8-9H2,1-2H3/t12-/m0/s1. The zero-order valence-electron chi connectivity index (χ0n) is 11.7. The third-order valence-electron chi connectivity index (χ3n) is 3.88. The van der Waals surface area contributed by atoms with Crippen LogP contribution in [-0.2, 0) is 16.4 Å². The van der Waals surface area contributed by atoms with Crippen molar-refractivity contribution >= 4 is 9.84 Å². The Morgan fingerprint density at radius 1 is 1.45 bits per heavy atom. The quantitative estimate of drug-likeness (QED) is 0.870. The Labute approximate surface area is 118 Å². The van der Waals surface area contributed by atoms with Crippen LogP contribution in [0.5, 0.6) is 0 Å². The van der Waals surface area contributed by atoms with Crippen molar-refractivity contribution in [3.8, 4) is 11.6 Å². The molecule has 0 saturated carbocycles. The van der Waals surface area contributed by atoms with Crippen molar-refractivity contribution in [1.82, 2.24) is 9.55 Å². The van der Waals surface area contributed by atoms with E-state index in [1.807, 2.05) is 30.7 Å². The van der Waals surface area contributed by atoms with Crippen LogP contribution >= 0.6 is 0 Å². The predicted octanol–water partition coefficient (Wildman–Crippen LogP) is 2.19. The molecule has 1 atom stereocenters. The van der Waals surface area contributed by atoms with E-state index in [0.717, 1.165) is 29.3 Å². The number of aryl methyl sites for hydroxylation is 2. The van der Waals surface area contributed by atoms with Crippen molar-refractivity contribution in [2.24, 2.45) is 5.92 Å². The Hall–Kier alpha value is -1.56. The second-order valence-corrected chi connectivity index (χ2v) is 7.75. The SMILES string of the molecule is Cc1cc(-c2nccn2C[C@@H]2CCS(=O)(=O)C2)oc1C. The largest absolute Gasteiger partial charge is 0.458 e. The van der Waals surface area contributed by atoms with E-state index in [4.69, 9.17) is 4.42 Å². The minimum absolute atomic E-state index is 0.171. The topological polar surface area (TPSA) is 65.1 Å². The third-order valence-corrected chi connectivity index (χ3v) is 5.72. The maximum absolute atomic E-state index is 11.5. The number of hydrogen-bond acceptors (Lipinski definition) is 4. The van der Waals surface area contributed by atoms with Gasteiger partial charge in [-0.3, -0.25) is 0 Å². The van der Waals surface area contributed by atoms with Crippen molar-refractivity contribution in [2.45, 2.75) is 26.8 Å². The molecule has 1 aliphatic rings. The van der Waals surface area contributed by atoms with Crippen LogP contribution < -0.4 is 0 Å². The number of nitrogens with zero attached hydrogens (tertiary/aromatic N) is 2. The molecule has 0 bridgehead atoms. The van der Waals surface area contributed by atoms with E-state index in [0.29, 0.717) is 12.3 Å². The lowest BCUT2D eigenvalue weighted by Gasteiger charge is -2.10. The van der Waals surface area contributed by atoms with Crippen LogP contribution in [0.25, 0.3) is 11.6 Å². The van der Waals surface area contributed by atoms with Gasteiger partial charge in [0.15, 0.2) is 21.4 Å². The first kappa shape index (κ1) is 13.4. The highest BCUT2D eigenvalue weighted by atomic mass is 32.2. The second kappa shape index (κ2) is 4.77. The highest BCUT2D eigenvalue weighted by molar-refractivity contribution is 7.91. The summed E-state index contributed by atoms with van der Waals surface area (Å²) in [6.07, 6.45) is 4.34. The van der Waals surface area contributed by atoms with Crippen molar-refractivity contribution in [3.63, 3.8) is 0 Å². The molecule has 20 heavy (non-hydrogen) atoms. The molecule has 0 radical (unpaired) electrons. The molecule has 2 aromatic heterocycles. The van der Waals surface area contributed by atoms with Gasteiger partial charge in [0.1, 0.15) is 5.76 Å². The summed E-state index contributed by atoms with van der Waals surface area (Å²) in [6, 6.07) is 1.97. The summed E-state index contributed by atoms with van der Waals surface area (Å²) in [5.41, 5.74) is 1.10. The average Bonchev–Trinajstić information content (AvgIpc) is 3.02. The minimum Gasteiger partial charge on any atom is -0.458 e. The molecule has 0 unspecified atom stereocenters. The van der Waals surface area contributed by atoms with Gasteiger partial charge in [0.2, 0.25) is 0 Å². The molecule has 108 valence electrons. The first-order valence-corrected chi connectivity index (χ1v) is 8.56. The summed E-state index contributed by atoms with van der Waals surface area (Å²) in [6.45, 7) is 4.60. The van der Waals surface area contributed by atoms with Gasteiger partial charge in [0.25, 0.3) is 0 Å². The molecule has 1 saturated heterocycles. The van der Waals surface area contributed by atoms with Crippen LogP contribution in [0.1, 0.15) is 17.7 Å². The summed E-state index contributed by atoms with van der Waals surface area (Å²) in [5, 5.41) is 0. The lowest BCUT2D eigenvalue weighted by atomic mass is 10.1. The van der Waals surface area contributed by atoms with E-state index in [-0.39, 0.29) is 11.7 Å². The molecule has 3 rings (SSSR count). The smallest absolute Gasteiger partial charge is 0.176 e. The van der Waals surface area contributed by atoms with Gasteiger partial charge in [-0.25, -0.2) is 13.4 Å². The van der Waals surface area contributed by atoms with Gasteiger partial charge in [-0.05, 0) is 37.8 Å². The number of aromatic nitrogens is 2. The molecule has 0 spiro atoms. The molecule has 0 aromatic carbocycles. The average molecular weight is 294 g/mol. The van der Waals surface area contributed by atoms with Gasteiger partial charge in [0, 0.05) is 18.9 Å². The molecule has 0 N–H and O–H groups in total. The van der Waals surface area contributed by atoms with Crippen LogP contribution in [0.4, 0.5) is 0 Å². The molecule has 2 aromatic rings. The zero-order chi connectivity index (χ0) is 14.3. The van der Waals surface area contributed by atoms with E-state index >= 15 is 0 Å². The molecule has 1 aliphatic heterocycles. The predicted molar refractivity (Wildman–Crippen MR) is 76.2 cm³/mol. The molecule has 5 nitrogen and oxygen atoms in total. The van der Waals surface area contributed by atoms with Gasteiger partial charge in [0.05, 0.1) is 11.5 Å². The van der Waals surface area contributed by atoms with Gasteiger partial charge in [-0.15, -0.1) is 0 Å². The zero-order valence-corrected chi connectivity index (χ0v) is 12.5. The van der Waals surface area contributed by atoms with E-state index in [1.54, 1.807) is 6.20 Å². The van der Waals surface area contributed by atoms with E-state index in [2.05, 4.69) is 4.98 Å².